The van der Waals surface area contributed by atoms with Crippen LogP contribution in [0.1, 0.15) is 11.6 Å². The van der Waals surface area contributed by atoms with Gasteiger partial charge in [-0.05, 0) is 12.2 Å². The lowest BCUT2D eigenvalue weighted by Crippen LogP contribution is -2.09. The van der Waals surface area contributed by atoms with Crippen molar-refractivity contribution in [2.24, 2.45) is 0 Å². The fraction of sp³-hybridized carbons (Fsp3) is 0.250. The highest BCUT2D eigenvalue weighted by Gasteiger charge is 2.34. The van der Waals surface area contributed by atoms with Crippen LogP contribution in [0.4, 0.5) is 17.6 Å². The summed E-state index contributed by atoms with van der Waals surface area (Å²) in [5.74, 6) is -1.06. The van der Waals surface area contributed by atoms with Gasteiger partial charge in [0, 0.05) is 0 Å². The lowest BCUT2D eigenvalue weighted by molar-refractivity contribution is -0.144. The summed E-state index contributed by atoms with van der Waals surface area (Å²) in [7, 11) is 0. The Kier molecular flexibility index (Phi) is 6.79. The Morgan fingerprint density at radius 2 is 1.52 bits per heavy atom. The van der Waals surface area contributed by atoms with E-state index in [9.17, 15) is 31.9 Å². The maximum atomic E-state index is 11.6. The Labute approximate surface area is 137 Å². The molecule has 0 aromatic carbocycles. The van der Waals surface area contributed by atoms with Crippen molar-refractivity contribution in [3.63, 3.8) is 0 Å². The second-order valence-electron chi connectivity index (χ2n) is 3.80. The highest BCUT2D eigenvalue weighted by atomic mass is 32.1. The minimum atomic E-state index is -4.58. The van der Waals surface area contributed by atoms with Gasteiger partial charge in [-0.2, -0.15) is 13.2 Å². The molecule has 0 unspecified atom stereocenters. The average Bonchev–Trinajstić information content (AvgIpc) is 3.22. The third kappa shape index (κ3) is 7.24. The van der Waals surface area contributed by atoms with Gasteiger partial charge in [0.1, 0.15) is 6.67 Å². The van der Waals surface area contributed by atoms with Gasteiger partial charge in [0.25, 0.3) is 0 Å². The van der Waals surface area contributed by atoms with Gasteiger partial charge in [0.15, 0.2) is 5.82 Å². The Balaban J connectivity index is 0.000000191. The zero-order valence-electron chi connectivity index (χ0n) is 11.7. The van der Waals surface area contributed by atoms with Gasteiger partial charge in [0.2, 0.25) is 10.6 Å². The highest BCUT2D eigenvalue weighted by Crippen LogP contribution is 2.24. The maximum Gasteiger partial charge on any atom is 0.451 e. The first-order chi connectivity index (χ1) is 11.6. The molecule has 138 valence electrons. The van der Waals surface area contributed by atoms with Gasteiger partial charge in [0.05, 0.1) is 0 Å². The number of hydrogen-bond donors (Lipinski definition) is 7. The summed E-state index contributed by atoms with van der Waals surface area (Å²) >= 11 is 4.53. The number of halogens is 4. The summed E-state index contributed by atoms with van der Waals surface area (Å²) in [6.45, 7) is -0.604. The molecule has 0 aliphatic rings. The van der Waals surface area contributed by atoms with E-state index >= 15 is 0 Å². The summed E-state index contributed by atoms with van der Waals surface area (Å²) in [6, 6.07) is 0. The zero-order valence-corrected chi connectivity index (χ0v) is 12.6. The van der Waals surface area contributed by atoms with E-state index in [0.29, 0.717) is 0 Å². The molecule has 17 heteroatoms. The summed E-state index contributed by atoms with van der Waals surface area (Å²) in [5, 5.41) is 13.2. The van der Waals surface area contributed by atoms with E-state index in [1.807, 2.05) is 15.2 Å². The van der Waals surface area contributed by atoms with Crippen LogP contribution in [0.2, 0.25) is 0 Å². The van der Waals surface area contributed by atoms with Crippen molar-refractivity contribution in [2.45, 2.75) is 12.9 Å². The number of hydrogen-bond acceptors (Lipinski definition) is 6. The Morgan fingerprint density at radius 3 is 1.72 bits per heavy atom. The predicted octanol–water partition coefficient (Wildman–Crippen LogP) is -0.555. The molecular formula is C8H9F4N9O3S. The molecule has 7 N–H and O–H groups in total. The number of alkyl halides is 4. The summed E-state index contributed by atoms with van der Waals surface area (Å²) in [5.41, 5.74) is -1.98. The molecule has 3 aromatic rings. The molecule has 0 saturated heterocycles. The highest BCUT2D eigenvalue weighted by molar-refractivity contribution is 7.71. The van der Waals surface area contributed by atoms with E-state index < -0.39 is 35.7 Å². The number of rotatable bonds is 1. The van der Waals surface area contributed by atoms with E-state index in [1.165, 1.54) is 4.98 Å². The van der Waals surface area contributed by atoms with Crippen LogP contribution >= 0.6 is 12.2 Å². The van der Waals surface area contributed by atoms with Crippen LogP contribution in [0.3, 0.4) is 0 Å². The molecule has 3 rings (SSSR count). The molecule has 0 fully saturated rings. The molecule has 3 heterocycles. The molecule has 3 aromatic heterocycles. The third-order valence-corrected chi connectivity index (χ3v) is 2.16. The molecule has 0 atom stereocenters. The lowest BCUT2D eigenvalue weighted by atomic mass is 10.6. The van der Waals surface area contributed by atoms with Crippen LogP contribution in [-0.2, 0) is 12.9 Å². The van der Waals surface area contributed by atoms with Crippen LogP contribution in [0.5, 0.6) is 0 Å². The van der Waals surface area contributed by atoms with Gasteiger partial charge in [-0.3, -0.25) is 20.2 Å². The van der Waals surface area contributed by atoms with Crippen molar-refractivity contribution >= 4 is 12.2 Å². The van der Waals surface area contributed by atoms with Gasteiger partial charge in [-0.25, -0.2) is 39.1 Å². The van der Waals surface area contributed by atoms with E-state index in [-0.39, 0.29) is 10.6 Å². The van der Waals surface area contributed by atoms with E-state index in [4.69, 9.17) is 0 Å². The fourth-order valence-electron chi connectivity index (χ4n) is 1.05. The molecule has 0 aliphatic carbocycles. The quantitative estimate of drug-likeness (QED) is 0.216. The van der Waals surface area contributed by atoms with E-state index in [1.54, 1.807) is 5.10 Å². The summed E-state index contributed by atoms with van der Waals surface area (Å²) < 4.78 is 46.5. The van der Waals surface area contributed by atoms with Crippen molar-refractivity contribution in [3.05, 3.63) is 47.9 Å². The number of aromatic amines is 7. The van der Waals surface area contributed by atoms with Crippen LogP contribution < -0.4 is 17.1 Å². The number of aromatic nitrogens is 9. The largest absolute Gasteiger partial charge is 0.451 e. The Hall–Kier alpha value is -3.24. The minimum Gasteiger partial charge on any atom is -0.285 e. The van der Waals surface area contributed by atoms with Crippen molar-refractivity contribution in [1.82, 2.24) is 45.5 Å². The normalized spacial score (nSPS) is 10.4. The van der Waals surface area contributed by atoms with Crippen molar-refractivity contribution in [2.75, 3.05) is 0 Å². The Morgan fingerprint density at radius 1 is 0.920 bits per heavy atom. The molecule has 0 aliphatic heterocycles. The molecule has 0 bridgehead atoms. The summed E-state index contributed by atoms with van der Waals surface area (Å²) in [6.07, 6.45) is -4.58. The molecule has 12 nitrogen and oxygen atoms in total. The number of nitrogens with one attached hydrogen (secondary N) is 7. The predicted molar refractivity (Wildman–Crippen MR) is 74.8 cm³/mol. The van der Waals surface area contributed by atoms with Gasteiger partial charge < -0.3 is 0 Å². The average molecular weight is 387 g/mol. The Bertz CT molecular complexity index is 961. The van der Waals surface area contributed by atoms with Gasteiger partial charge in [-0.15, -0.1) is 5.10 Å². The monoisotopic (exact) mass is 387 g/mol. The molecule has 25 heavy (non-hydrogen) atoms. The number of nitrogens with zero attached hydrogens (tertiary/aromatic N) is 2. The second kappa shape index (κ2) is 8.57. The van der Waals surface area contributed by atoms with Crippen molar-refractivity contribution < 1.29 is 17.6 Å². The van der Waals surface area contributed by atoms with Crippen molar-refractivity contribution in [1.29, 1.82) is 0 Å². The smallest absolute Gasteiger partial charge is 0.285 e. The number of H-pyrrole nitrogens is 7. The van der Waals surface area contributed by atoms with Crippen LogP contribution in [0.25, 0.3) is 0 Å². The molecule has 0 radical (unpaired) electrons. The topological polar surface area (TPSA) is 188 Å². The first kappa shape index (κ1) is 19.8. The molecule has 0 amide bonds. The zero-order chi connectivity index (χ0) is 19.0. The SMILES string of the molecule is FCc1nc(=S)[nH][nH]1.O=c1[nH][nH]c(=O)[nH]1.O=c1[nH]nc(C(F)(F)F)[nH]1. The van der Waals surface area contributed by atoms with Crippen LogP contribution in [0, 0.1) is 4.77 Å². The van der Waals surface area contributed by atoms with Crippen LogP contribution in [-0.4, -0.2) is 45.5 Å². The fourth-order valence-corrected chi connectivity index (χ4v) is 1.21. The summed E-state index contributed by atoms with van der Waals surface area (Å²) in [4.78, 5) is 36.9. The maximum absolute atomic E-state index is 11.6. The molecule has 0 spiro atoms. The van der Waals surface area contributed by atoms with E-state index in [0.717, 1.165) is 0 Å². The molecular weight excluding hydrogens is 378 g/mol. The first-order valence-corrected chi connectivity index (χ1v) is 6.31. The standard InChI is InChI=1S/C3H2F3N3O.C3H4FN3S.C2H3N3O2/c4-3(5,6)1-7-2(10)9-8-1;4-1-2-5-3(8)7-6-2;6-1-3-2(7)5-4-1/h(H2,7,8,9,10);1H2,(H2,5,6,7,8);(H3,3,4,5,6,7). The third-order valence-electron chi connectivity index (χ3n) is 1.96. The first-order valence-electron chi connectivity index (χ1n) is 5.90. The lowest BCUT2D eigenvalue weighted by Gasteiger charge is -1.97. The van der Waals surface area contributed by atoms with Crippen molar-refractivity contribution in [3.8, 4) is 0 Å². The van der Waals surface area contributed by atoms with Gasteiger partial charge >= 0.3 is 23.2 Å². The molecule has 0 saturated carbocycles. The van der Waals surface area contributed by atoms with Gasteiger partial charge in [-0.1, -0.05) is 0 Å². The minimum absolute atomic E-state index is 0.245. The van der Waals surface area contributed by atoms with Crippen LogP contribution in [0.15, 0.2) is 14.4 Å². The van der Waals surface area contributed by atoms with E-state index in [2.05, 4.69) is 32.5 Å². The second-order valence-corrected chi connectivity index (χ2v) is 4.19.